The second-order valence-electron chi connectivity index (χ2n) is 4.70. The largest absolute Gasteiger partial charge is 0.444 e. The highest BCUT2D eigenvalue weighted by Gasteiger charge is 2.43. The van der Waals surface area contributed by atoms with Crippen molar-refractivity contribution in [3.8, 4) is 0 Å². The molecule has 0 spiro atoms. The molecule has 1 aliphatic rings. The van der Waals surface area contributed by atoms with Crippen LogP contribution in [0.5, 0.6) is 0 Å². The summed E-state index contributed by atoms with van der Waals surface area (Å²) in [6, 6.07) is -0.579. The number of hydrogen-bond donors (Lipinski definition) is 1. The normalized spacial score (nSPS) is 30.6. The average Bonchev–Trinajstić information content (AvgIpc) is 2.07. The van der Waals surface area contributed by atoms with E-state index >= 15 is 0 Å². The van der Waals surface area contributed by atoms with E-state index in [1.807, 2.05) is 0 Å². The SMILES string of the molecule is COC1CC(F)[C@@H]1NC(=O)OC(C)(C)C. The van der Waals surface area contributed by atoms with Gasteiger partial charge < -0.3 is 14.8 Å². The van der Waals surface area contributed by atoms with Gasteiger partial charge in [-0.05, 0) is 20.8 Å². The number of nitrogens with one attached hydrogen (secondary N) is 1. The number of carbonyl (C=O) groups excluding carboxylic acids is 1. The third-order valence-corrected chi connectivity index (χ3v) is 2.23. The lowest BCUT2D eigenvalue weighted by atomic mass is 9.87. The topological polar surface area (TPSA) is 47.6 Å². The van der Waals surface area contributed by atoms with Crippen molar-refractivity contribution >= 4 is 6.09 Å². The summed E-state index contributed by atoms with van der Waals surface area (Å²) in [7, 11) is 1.50. The Kier molecular flexibility index (Phi) is 3.54. The lowest BCUT2D eigenvalue weighted by Crippen LogP contribution is -2.59. The molecule has 1 saturated carbocycles. The van der Waals surface area contributed by atoms with Gasteiger partial charge in [-0.2, -0.15) is 0 Å². The maximum atomic E-state index is 13.1. The third kappa shape index (κ3) is 3.34. The maximum Gasteiger partial charge on any atom is 0.408 e. The van der Waals surface area contributed by atoms with Gasteiger partial charge in [-0.15, -0.1) is 0 Å². The molecule has 1 aliphatic carbocycles. The first-order valence-electron chi connectivity index (χ1n) is 5.00. The molecule has 1 rings (SSSR count). The van der Waals surface area contributed by atoms with E-state index < -0.39 is 23.9 Å². The van der Waals surface area contributed by atoms with Crippen LogP contribution in [0.3, 0.4) is 0 Å². The minimum absolute atomic E-state index is 0.243. The van der Waals surface area contributed by atoms with Gasteiger partial charge >= 0.3 is 6.09 Å². The summed E-state index contributed by atoms with van der Waals surface area (Å²) >= 11 is 0. The van der Waals surface area contributed by atoms with E-state index in [0.29, 0.717) is 6.42 Å². The summed E-state index contributed by atoms with van der Waals surface area (Å²) in [5.74, 6) is 0. The molecule has 0 bridgehead atoms. The molecule has 15 heavy (non-hydrogen) atoms. The number of rotatable bonds is 2. The first-order valence-corrected chi connectivity index (χ1v) is 5.00. The third-order valence-electron chi connectivity index (χ3n) is 2.23. The van der Waals surface area contributed by atoms with E-state index in [9.17, 15) is 9.18 Å². The van der Waals surface area contributed by atoms with Crippen LogP contribution in [0, 0.1) is 0 Å². The van der Waals surface area contributed by atoms with E-state index in [-0.39, 0.29) is 6.10 Å². The monoisotopic (exact) mass is 219 g/mol. The predicted molar refractivity (Wildman–Crippen MR) is 53.5 cm³/mol. The van der Waals surface area contributed by atoms with Gasteiger partial charge in [-0.3, -0.25) is 0 Å². The molecule has 2 unspecified atom stereocenters. The molecule has 0 aromatic carbocycles. The molecule has 1 fully saturated rings. The molecule has 1 N–H and O–H groups in total. The Morgan fingerprint density at radius 2 is 2.07 bits per heavy atom. The molecule has 4 nitrogen and oxygen atoms in total. The van der Waals surface area contributed by atoms with Crippen LogP contribution >= 0.6 is 0 Å². The van der Waals surface area contributed by atoms with Crippen LogP contribution in [-0.4, -0.2) is 37.1 Å². The Morgan fingerprint density at radius 3 is 2.47 bits per heavy atom. The van der Waals surface area contributed by atoms with Crippen LogP contribution < -0.4 is 5.32 Å². The van der Waals surface area contributed by atoms with Gasteiger partial charge in [0, 0.05) is 13.5 Å². The number of ether oxygens (including phenoxy) is 2. The Morgan fingerprint density at radius 1 is 1.47 bits per heavy atom. The molecule has 0 aromatic rings. The Balaban J connectivity index is 2.38. The van der Waals surface area contributed by atoms with E-state index in [1.54, 1.807) is 20.8 Å². The first-order chi connectivity index (χ1) is 6.83. The highest BCUT2D eigenvalue weighted by atomic mass is 19.1. The van der Waals surface area contributed by atoms with E-state index in [1.165, 1.54) is 7.11 Å². The second kappa shape index (κ2) is 4.35. The van der Waals surface area contributed by atoms with Crippen LogP contribution in [0.1, 0.15) is 27.2 Å². The molecule has 0 heterocycles. The van der Waals surface area contributed by atoms with E-state index in [0.717, 1.165) is 0 Å². The Bertz CT molecular complexity index is 239. The van der Waals surface area contributed by atoms with Gasteiger partial charge in [0.2, 0.25) is 0 Å². The zero-order valence-corrected chi connectivity index (χ0v) is 9.54. The zero-order valence-electron chi connectivity index (χ0n) is 9.54. The molecule has 88 valence electrons. The lowest BCUT2D eigenvalue weighted by molar-refractivity contribution is -0.0524. The maximum absolute atomic E-state index is 13.1. The summed E-state index contributed by atoms with van der Waals surface area (Å²) in [6.07, 6.45) is -1.55. The van der Waals surface area contributed by atoms with E-state index in [2.05, 4.69) is 5.32 Å². The van der Waals surface area contributed by atoms with Crippen LogP contribution in [0.25, 0.3) is 0 Å². The second-order valence-corrected chi connectivity index (χ2v) is 4.70. The predicted octanol–water partition coefficient (Wildman–Crippen LogP) is 1.64. The standard InChI is InChI=1S/C10H18FNO3/c1-10(2,3)15-9(13)12-8-6(11)5-7(8)14-4/h6-8H,5H2,1-4H3,(H,12,13)/t6?,7?,8-/m0/s1. The van der Waals surface area contributed by atoms with Crippen molar-refractivity contribution in [2.24, 2.45) is 0 Å². The fourth-order valence-electron chi connectivity index (χ4n) is 1.42. The van der Waals surface area contributed by atoms with Crippen LogP contribution in [0.2, 0.25) is 0 Å². The molecule has 0 aliphatic heterocycles. The number of alkyl carbamates (subject to hydrolysis) is 1. The molecule has 0 radical (unpaired) electrons. The quantitative estimate of drug-likeness (QED) is 0.768. The smallest absolute Gasteiger partial charge is 0.408 e. The van der Waals surface area contributed by atoms with E-state index in [4.69, 9.17) is 9.47 Å². The number of amides is 1. The van der Waals surface area contributed by atoms with Gasteiger partial charge in [0.05, 0.1) is 12.1 Å². The summed E-state index contributed by atoms with van der Waals surface area (Å²) < 4.78 is 23.1. The number of alkyl halides is 1. The highest BCUT2D eigenvalue weighted by molar-refractivity contribution is 5.68. The van der Waals surface area contributed by atoms with Gasteiger partial charge in [0.15, 0.2) is 0 Å². The fraction of sp³-hybridized carbons (Fsp3) is 0.900. The summed E-state index contributed by atoms with van der Waals surface area (Å²) in [5, 5.41) is 2.46. The average molecular weight is 219 g/mol. The van der Waals surface area contributed by atoms with Gasteiger partial charge in [0.25, 0.3) is 0 Å². The van der Waals surface area contributed by atoms with Crippen molar-refractivity contribution in [2.45, 2.75) is 51.1 Å². The zero-order chi connectivity index (χ0) is 11.6. The summed E-state index contributed by atoms with van der Waals surface area (Å²) in [4.78, 5) is 11.3. The van der Waals surface area contributed by atoms with Crippen molar-refractivity contribution in [1.29, 1.82) is 0 Å². The molecule has 3 atom stereocenters. The number of halogens is 1. The lowest BCUT2D eigenvalue weighted by Gasteiger charge is -2.39. The van der Waals surface area contributed by atoms with Crippen molar-refractivity contribution < 1.29 is 18.7 Å². The van der Waals surface area contributed by atoms with Gasteiger partial charge in [-0.25, -0.2) is 9.18 Å². The first kappa shape index (κ1) is 12.2. The molecular formula is C10H18FNO3. The number of carbonyl (C=O) groups is 1. The number of hydrogen-bond acceptors (Lipinski definition) is 3. The van der Waals surface area contributed by atoms with Crippen molar-refractivity contribution in [1.82, 2.24) is 5.32 Å². The number of methoxy groups -OCH3 is 1. The van der Waals surface area contributed by atoms with Crippen molar-refractivity contribution in [3.05, 3.63) is 0 Å². The Labute approximate surface area is 89.1 Å². The highest BCUT2D eigenvalue weighted by Crippen LogP contribution is 2.26. The Hall–Kier alpha value is -0.840. The molecule has 1 amide bonds. The molecular weight excluding hydrogens is 201 g/mol. The fourth-order valence-corrected chi connectivity index (χ4v) is 1.42. The van der Waals surface area contributed by atoms with Crippen molar-refractivity contribution in [3.63, 3.8) is 0 Å². The van der Waals surface area contributed by atoms with Crippen LogP contribution in [0.4, 0.5) is 9.18 Å². The van der Waals surface area contributed by atoms with Gasteiger partial charge in [-0.1, -0.05) is 0 Å². The molecule has 0 aromatic heterocycles. The van der Waals surface area contributed by atoms with Crippen LogP contribution in [0.15, 0.2) is 0 Å². The summed E-state index contributed by atoms with van der Waals surface area (Å²) in [5.41, 5.74) is -0.567. The van der Waals surface area contributed by atoms with Crippen molar-refractivity contribution in [2.75, 3.05) is 7.11 Å². The van der Waals surface area contributed by atoms with Gasteiger partial charge in [0.1, 0.15) is 11.8 Å². The minimum atomic E-state index is -1.04. The van der Waals surface area contributed by atoms with Crippen LogP contribution in [-0.2, 0) is 9.47 Å². The molecule has 5 heteroatoms. The summed E-state index contributed by atoms with van der Waals surface area (Å²) in [6.45, 7) is 5.27. The minimum Gasteiger partial charge on any atom is -0.444 e. The molecule has 0 saturated heterocycles.